The maximum absolute atomic E-state index is 13.6. The first-order valence-corrected chi connectivity index (χ1v) is 21.3. The lowest BCUT2D eigenvalue weighted by Gasteiger charge is -2.35. The number of imide groups is 1. The summed E-state index contributed by atoms with van der Waals surface area (Å²) >= 11 is 1.65. The zero-order valence-corrected chi connectivity index (χ0v) is 33.2. The number of carbonyl (C=O) groups excluding carboxylic acids is 3. The molecule has 298 valence electrons. The highest BCUT2D eigenvalue weighted by Gasteiger charge is 2.38. The van der Waals surface area contributed by atoms with Crippen LogP contribution in [0.3, 0.4) is 0 Å². The number of anilines is 2. The predicted molar refractivity (Wildman–Crippen MR) is 219 cm³/mol. The van der Waals surface area contributed by atoms with Crippen LogP contribution in [0.25, 0.3) is 27.5 Å². The van der Waals surface area contributed by atoms with Gasteiger partial charge in [0.1, 0.15) is 11.1 Å². The van der Waals surface area contributed by atoms with E-state index in [9.17, 15) is 19.6 Å². The molecule has 5 aromatic rings. The fourth-order valence-corrected chi connectivity index (χ4v) is 10.2. The lowest BCUT2D eigenvalue weighted by Crippen LogP contribution is -2.49. The van der Waals surface area contributed by atoms with Crippen LogP contribution in [-0.2, 0) is 32.7 Å². The van der Waals surface area contributed by atoms with Crippen molar-refractivity contribution in [3.05, 3.63) is 76.6 Å². The summed E-state index contributed by atoms with van der Waals surface area (Å²) in [5.41, 5.74) is 7.69. The summed E-state index contributed by atoms with van der Waals surface area (Å²) in [5.74, 6) is -0.0822. The summed E-state index contributed by atoms with van der Waals surface area (Å²) in [4.78, 5) is 46.2. The third-order valence-corrected chi connectivity index (χ3v) is 13.5. The Hall–Kier alpha value is -5.72. The first-order valence-electron chi connectivity index (χ1n) is 20.4. The molecule has 4 aliphatic rings. The molecule has 0 unspecified atom stereocenters. The van der Waals surface area contributed by atoms with Crippen LogP contribution in [0.1, 0.15) is 92.3 Å². The maximum Gasteiger partial charge on any atom is 0.328 e. The first-order chi connectivity index (χ1) is 28.4. The third-order valence-electron chi connectivity index (χ3n) is 12.3. The van der Waals surface area contributed by atoms with Crippen LogP contribution in [0.4, 0.5) is 16.2 Å². The quantitative estimate of drug-likeness (QED) is 0.154. The zero-order valence-electron chi connectivity index (χ0n) is 32.4. The maximum atomic E-state index is 13.6. The number of nitriles is 1. The fourth-order valence-electron chi connectivity index (χ4n) is 9.01. The summed E-state index contributed by atoms with van der Waals surface area (Å²) in [7, 11) is 0. The van der Waals surface area contributed by atoms with Crippen molar-refractivity contribution in [2.75, 3.05) is 36.5 Å². The minimum Gasteiger partial charge on any atom is -0.381 e. The predicted octanol–water partition coefficient (Wildman–Crippen LogP) is 6.78. The van der Waals surface area contributed by atoms with Crippen molar-refractivity contribution in [3.8, 4) is 28.0 Å². The number of amides is 4. The lowest BCUT2D eigenvalue weighted by molar-refractivity contribution is -0.132. The second kappa shape index (κ2) is 16.3. The molecule has 2 N–H and O–H groups in total. The SMILES string of the molecule is N#Cc1cnn2c(-c3cc(NC4CCOCC4)c(-c4nnc(C5(CCCC(=O)N6CCc7cc(N8CCC(=O)NC8=O)ccc7C6)CCCCC5)s4)cn3)ccc2c1. The molecule has 15 heteroatoms. The topological polar surface area (TPSA) is 171 Å². The van der Waals surface area contributed by atoms with E-state index in [0.29, 0.717) is 44.8 Å². The van der Waals surface area contributed by atoms with Crippen LogP contribution >= 0.6 is 11.3 Å². The second-order valence-corrected chi connectivity index (χ2v) is 16.9. The molecule has 0 atom stereocenters. The number of benzene rings is 1. The average molecular weight is 799 g/mol. The molecule has 1 aliphatic carbocycles. The highest BCUT2D eigenvalue weighted by molar-refractivity contribution is 7.14. The van der Waals surface area contributed by atoms with E-state index in [2.05, 4.69) is 27.9 Å². The summed E-state index contributed by atoms with van der Waals surface area (Å²) in [6, 6.07) is 15.8. The van der Waals surface area contributed by atoms with E-state index in [4.69, 9.17) is 19.9 Å². The van der Waals surface area contributed by atoms with E-state index >= 15 is 0 Å². The van der Waals surface area contributed by atoms with E-state index in [1.165, 1.54) is 6.42 Å². The van der Waals surface area contributed by atoms with E-state index in [1.54, 1.807) is 22.4 Å². The average Bonchev–Trinajstić information content (AvgIpc) is 3.92. The van der Waals surface area contributed by atoms with Crippen molar-refractivity contribution in [1.29, 1.82) is 5.26 Å². The van der Waals surface area contributed by atoms with Gasteiger partial charge in [-0.3, -0.25) is 24.8 Å². The number of urea groups is 1. The van der Waals surface area contributed by atoms with Crippen LogP contribution in [0, 0.1) is 11.3 Å². The van der Waals surface area contributed by atoms with Gasteiger partial charge in [-0.05, 0) is 92.5 Å². The number of nitrogens with one attached hydrogen (secondary N) is 2. The number of nitrogens with zero attached hydrogens (tertiary/aromatic N) is 8. The number of pyridine rings is 1. The van der Waals surface area contributed by atoms with Crippen molar-refractivity contribution >= 4 is 46.1 Å². The number of ether oxygens (including phenoxy) is 1. The Balaban J connectivity index is 0.903. The highest BCUT2D eigenvalue weighted by Crippen LogP contribution is 2.46. The molecule has 9 rings (SSSR count). The van der Waals surface area contributed by atoms with E-state index in [1.807, 2.05) is 52.0 Å². The van der Waals surface area contributed by atoms with Gasteiger partial charge in [-0.2, -0.15) is 10.4 Å². The zero-order chi connectivity index (χ0) is 39.6. The Morgan fingerprint density at radius 2 is 1.86 bits per heavy atom. The summed E-state index contributed by atoms with van der Waals surface area (Å²) in [6.07, 6.45) is 13.9. The molecule has 58 heavy (non-hydrogen) atoms. The molecule has 0 bridgehead atoms. The van der Waals surface area contributed by atoms with Gasteiger partial charge in [-0.1, -0.05) is 36.7 Å². The van der Waals surface area contributed by atoms with E-state index in [0.717, 1.165) is 113 Å². The number of fused-ring (bicyclic) bond motifs is 2. The molecule has 1 saturated carbocycles. The van der Waals surface area contributed by atoms with E-state index in [-0.39, 0.29) is 35.7 Å². The van der Waals surface area contributed by atoms with E-state index < -0.39 is 0 Å². The van der Waals surface area contributed by atoms with Gasteiger partial charge in [-0.25, -0.2) is 9.31 Å². The van der Waals surface area contributed by atoms with Crippen molar-refractivity contribution < 1.29 is 19.1 Å². The lowest BCUT2D eigenvalue weighted by atomic mass is 9.71. The molecule has 0 radical (unpaired) electrons. The van der Waals surface area contributed by atoms with Crippen LogP contribution in [0.2, 0.25) is 0 Å². The van der Waals surface area contributed by atoms with Gasteiger partial charge in [0.15, 0.2) is 5.01 Å². The van der Waals surface area contributed by atoms with Gasteiger partial charge >= 0.3 is 6.03 Å². The van der Waals surface area contributed by atoms with Crippen LogP contribution < -0.4 is 15.5 Å². The van der Waals surface area contributed by atoms with Crippen LogP contribution in [0.5, 0.6) is 0 Å². The van der Waals surface area contributed by atoms with Gasteiger partial charge in [0, 0.05) is 74.7 Å². The molecule has 1 aromatic carbocycles. The second-order valence-electron chi connectivity index (χ2n) is 15.9. The Kier molecular flexibility index (Phi) is 10.6. The molecular weight excluding hydrogens is 753 g/mol. The van der Waals surface area contributed by atoms with Crippen molar-refractivity contribution in [1.82, 2.24) is 35.0 Å². The largest absolute Gasteiger partial charge is 0.381 e. The van der Waals surface area contributed by atoms with Crippen LogP contribution in [-0.4, -0.2) is 79.9 Å². The number of carbonyl (C=O) groups is 3. The number of hydrogen-bond donors (Lipinski definition) is 2. The number of hydrogen-bond acceptors (Lipinski definition) is 11. The number of aromatic nitrogens is 5. The molecule has 4 aromatic heterocycles. The molecule has 2 saturated heterocycles. The smallest absolute Gasteiger partial charge is 0.328 e. The van der Waals surface area contributed by atoms with Gasteiger partial charge < -0.3 is 15.0 Å². The third kappa shape index (κ3) is 7.66. The molecule has 4 amide bonds. The Morgan fingerprint density at radius 1 is 1.00 bits per heavy atom. The molecule has 3 fully saturated rings. The first kappa shape index (κ1) is 37.8. The van der Waals surface area contributed by atoms with Gasteiger partial charge in [-0.15, -0.1) is 10.2 Å². The van der Waals surface area contributed by atoms with Crippen molar-refractivity contribution in [2.24, 2.45) is 0 Å². The molecule has 14 nitrogen and oxygen atoms in total. The standard InChI is InChI=1S/C43H46N10O4S/c44-24-28-21-33-8-9-37(53(33)46-25-28)36-23-35(47-31-12-19-57-20-13-31)34(26-45-36)40-49-50-41(58-40)43(14-2-1-3-15-43)16-4-5-39(55)51-17-10-29-22-32(7-6-30(29)27-51)52-18-11-38(54)48-42(52)56/h6-9,21-23,25-26,31H,1-5,10-20,27H2,(H,45,47)(H,48,54,56). The Labute approximate surface area is 340 Å². The number of rotatable bonds is 10. The van der Waals surface area contributed by atoms with Crippen molar-refractivity contribution in [2.45, 2.75) is 95.1 Å². The minimum absolute atomic E-state index is 0.120. The highest BCUT2D eigenvalue weighted by atomic mass is 32.1. The molecular formula is C43H46N10O4S. The summed E-state index contributed by atoms with van der Waals surface area (Å²) in [6.45, 7) is 2.99. The van der Waals surface area contributed by atoms with Gasteiger partial charge in [0.2, 0.25) is 11.8 Å². The summed E-state index contributed by atoms with van der Waals surface area (Å²) in [5, 5.41) is 31.6. The van der Waals surface area contributed by atoms with Crippen LogP contribution in [0.15, 0.2) is 54.9 Å². The monoisotopic (exact) mass is 798 g/mol. The molecule has 0 spiro atoms. The van der Waals surface area contributed by atoms with Gasteiger partial charge in [0.25, 0.3) is 0 Å². The Morgan fingerprint density at radius 3 is 2.69 bits per heavy atom. The molecule has 3 aliphatic heterocycles. The fraction of sp³-hybridized carbons (Fsp3) is 0.442. The molecule has 7 heterocycles. The minimum atomic E-state index is -0.388. The van der Waals surface area contributed by atoms with Gasteiger partial charge in [0.05, 0.1) is 34.2 Å². The van der Waals surface area contributed by atoms with Crippen molar-refractivity contribution in [3.63, 3.8) is 0 Å². The Bertz CT molecular complexity index is 2410. The summed E-state index contributed by atoms with van der Waals surface area (Å²) < 4.78 is 7.47. The normalized spacial score (nSPS) is 18.5.